The average molecular weight is 398 g/mol. The van der Waals surface area contributed by atoms with Crippen LogP contribution >= 0.6 is 11.8 Å². The Morgan fingerprint density at radius 3 is 2.61 bits per heavy atom. The van der Waals surface area contributed by atoms with Gasteiger partial charge < -0.3 is 15.9 Å². The summed E-state index contributed by atoms with van der Waals surface area (Å²) in [6, 6.07) is 13.2. The van der Waals surface area contributed by atoms with Crippen LogP contribution in [0.15, 0.2) is 58.5 Å². The van der Waals surface area contributed by atoms with Crippen molar-refractivity contribution in [3.05, 3.63) is 64.4 Å². The fourth-order valence-corrected chi connectivity index (χ4v) is 3.18. The van der Waals surface area contributed by atoms with Gasteiger partial charge >= 0.3 is 5.97 Å². The number of anilines is 1. The topological polar surface area (TPSA) is 116 Å². The Bertz CT molecular complexity index is 1080. The number of thioether (sulfide) groups is 1. The number of carbonyl (C=O) groups excluding carboxylic acids is 2. The van der Waals surface area contributed by atoms with Crippen LogP contribution in [0.3, 0.4) is 0 Å². The number of nitrogen functional groups attached to an aromatic ring is 1. The molecule has 2 aromatic carbocycles. The maximum atomic E-state index is 12.3. The van der Waals surface area contributed by atoms with E-state index < -0.39 is 5.97 Å². The number of hydrogen-bond acceptors (Lipinski definition) is 7. The largest absolute Gasteiger partial charge is 0.462 e. The lowest BCUT2D eigenvalue weighted by Crippen LogP contribution is -2.30. The summed E-state index contributed by atoms with van der Waals surface area (Å²) in [5.74, 6) is 5.11. The molecule has 9 heteroatoms. The van der Waals surface area contributed by atoms with Crippen molar-refractivity contribution >= 4 is 40.2 Å². The van der Waals surface area contributed by atoms with Gasteiger partial charge in [0, 0.05) is 5.69 Å². The third-order valence-electron chi connectivity index (χ3n) is 3.79. The van der Waals surface area contributed by atoms with Crippen LogP contribution in [0.2, 0.25) is 0 Å². The highest BCUT2D eigenvalue weighted by Crippen LogP contribution is 2.17. The third-order valence-corrected chi connectivity index (χ3v) is 4.74. The number of ether oxygens (including phenoxy) is 1. The minimum Gasteiger partial charge on any atom is -0.462 e. The van der Waals surface area contributed by atoms with E-state index in [-0.39, 0.29) is 22.4 Å². The van der Waals surface area contributed by atoms with E-state index >= 15 is 0 Å². The quantitative estimate of drug-likeness (QED) is 0.282. The van der Waals surface area contributed by atoms with Gasteiger partial charge in [0.15, 0.2) is 5.16 Å². The van der Waals surface area contributed by atoms with E-state index in [0.717, 1.165) is 16.4 Å². The summed E-state index contributed by atoms with van der Waals surface area (Å²) in [7, 11) is 0. The number of para-hydroxylation sites is 1. The molecule has 0 atom stereocenters. The zero-order valence-electron chi connectivity index (χ0n) is 15.0. The van der Waals surface area contributed by atoms with Gasteiger partial charge in [0.05, 0.1) is 28.8 Å². The molecule has 0 aliphatic heterocycles. The summed E-state index contributed by atoms with van der Waals surface area (Å²) in [5.41, 5.74) is 1.09. The van der Waals surface area contributed by atoms with E-state index in [1.807, 2.05) is 0 Å². The van der Waals surface area contributed by atoms with Gasteiger partial charge in [-0.05, 0) is 43.3 Å². The predicted molar refractivity (Wildman–Crippen MR) is 108 cm³/mol. The number of benzene rings is 2. The number of nitrogens with one attached hydrogen (secondary N) is 1. The first-order valence-electron chi connectivity index (χ1n) is 8.46. The van der Waals surface area contributed by atoms with Gasteiger partial charge in [0.2, 0.25) is 5.91 Å². The average Bonchev–Trinajstić information content (AvgIpc) is 2.70. The van der Waals surface area contributed by atoms with Gasteiger partial charge in [-0.25, -0.2) is 14.5 Å². The molecule has 0 aliphatic carbocycles. The number of nitrogens with zero attached hydrogens (tertiary/aromatic N) is 2. The van der Waals surface area contributed by atoms with Crippen LogP contribution in [0.5, 0.6) is 0 Å². The first-order chi connectivity index (χ1) is 13.5. The van der Waals surface area contributed by atoms with Gasteiger partial charge in [-0.15, -0.1) is 0 Å². The summed E-state index contributed by atoms with van der Waals surface area (Å²) in [6.07, 6.45) is 0. The van der Waals surface area contributed by atoms with E-state index in [1.54, 1.807) is 55.5 Å². The van der Waals surface area contributed by atoms with Crippen LogP contribution in [0.4, 0.5) is 5.69 Å². The number of nitrogens with two attached hydrogens (primary N) is 1. The first-order valence-corrected chi connectivity index (χ1v) is 9.45. The molecule has 0 saturated carbocycles. The molecule has 28 heavy (non-hydrogen) atoms. The van der Waals surface area contributed by atoms with Crippen molar-refractivity contribution in [2.75, 3.05) is 23.5 Å². The molecule has 8 nitrogen and oxygen atoms in total. The zero-order valence-corrected chi connectivity index (χ0v) is 15.9. The summed E-state index contributed by atoms with van der Waals surface area (Å²) < 4.78 is 5.85. The fourth-order valence-electron chi connectivity index (χ4n) is 2.46. The molecule has 0 aliphatic rings. The molecule has 0 saturated heterocycles. The van der Waals surface area contributed by atoms with Gasteiger partial charge in [-0.2, -0.15) is 0 Å². The highest BCUT2D eigenvalue weighted by Gasteiger charge is 2.12. The number of carbonyl (C=O) groups is 2. The molecule has 1 amide bonds. The Labute approximate surface area is 164 Å². The molecule has 3 rings (SSSR count). The number of aromatic nitrogens is 2. The second kappa shape index (κ2) is 8.57. The van der Waals surface area contributed by atoms with Crippen LogP contribution in [0.25, 0.3) is 10.9 Å². The van der Waals surface area contributed by atoms with Crippen molar-refractivity contribution in [1.29, 1.82) is 0 Å². The Balaban J connectivity index is 1.65. The van der Waals surface area contributed by atoms with Crippen LogP contribution in [-0.2, 0) is 9.53 Å². The highest BCUT2D eigenvalue weighted by atomic mass is 32.2. The van der Waals surface area contributed by atoms with Crippen molar-refractivity contribution in [2.45, 2.75) is 12.1 Å². The van der Waals surface area contributed by atoms with E-state index in [9.17, 15) is 14.4 Å². The second-order valence-corrected chi connectivity index (χ2v) is 6.66. The molecular formula is C19H18N4O4S. The Hall–Kier alpha value is -3.33. The number of hydrogen-bond donors (Lipinski definition) is 2. The van der Waals surface area contributed by atoms with E-state index in [2.05, 4.69) is 10.3 Å². The molecule has 0 unspecified atom stereocenters. The third kappa shape index (κ3) is 4.32. The van der Waals surface area contributed by atoms with E-state index in [0.29, 0.717) is 28.8 Å². The maximum absolute atomic E-state index is 12.3. The van der Waals surface area contributed by atoms with Gasteiger partial charge in [-0.3, -0.25) is 9.59 Å². The molecule has 1 aromatic heterocycles. The lowest BCUT2D eigenvalue weighted by Gasteiger charge is -2.09. The van der Waals surface area contributed by atoms with Crippen molar-refractivity contribution in [3.8, 4) is 0 Å². The normalized spacial score (nSPS) is 10.6. The molecule has 3 N–H and O–H groups in total. The molecule has 0 spiro atoms. The molecule has 0 radical (unpaired) electrons. The van der Waals surface area contributed by atoms with Crippen LogP contribution < -0.4 is 16.7 Å². The van der Waals surface area contributed by atoms with Gasteiger partial charge in [-0.1, -0.05) is 23.9 Å². The zero-order chi connectivity index (χ0) is 20.1. The highest BCUT2D eigenvalue weighted by molar-refractivity contribution is 7.99. The Kier molecular flexibility index (Phi) is 5.95. The van der Waals surface area contributed by atoms with E-state index in [1.165, 1.54) is 0 Å². The van der Waals surface area contributed by atoms with Crippen molar-refractivity contribution in [2.24, 2.45) is 0 Å². The van der Waals surface area contributed by atoms with Crippen molar-refractivity contribution in [3.63, 3.8) is 0 Å². The van der Waals surface area contributed by atoms with Crippen molar-refractivity contribution in [1.82, 2.24) is 9.66 Å². The van der Waals surface area contributed by atoms with Crippen LogP contribution in [0.1, 0.15) is 17.3 Å². The van der Waals surface area contributed by atoms with Crippen molar-refractivity contribution < 1.29 is 14.3 Å². The fraction of sp³-hybridized carbons (Fsp3) is 0.158. The number of amides is 1. The molecule has 0 bridgehead atoms. The minimum atomic E-state index is -0.417. The predicted octanol–water partition coefficient (Wildman–Crippen LogP) is 2.02. The summed E-state index contributed by atoms with van der Waals surface area (Å²) in [5, 5.41) is 3.38. The van der Waals surface area contributed by atoms with Gasteiger partial charge in [0.25, 0.3) is 5.56 Å². The molecule has 144 valence electrons. The smallest absolute Gasteiger partial charge is 0.338 e. The standard InChI is InChI=1S/C19H18N4O4S/c1-2-27-18(26)12-7-9-13(10-8-12)21-16(24)11-28-19-22-15-6-4-3-5-14(15)17(25)23(19)20/h3-10H,2,11,20H2,1H3,(H,21,24). The summed E-state index contributed by atoms with van der Waals surface area (Å²) in [6.45, 7) is 2.03. The molecule has 1 heterocycles. The first kappa shape index (κ1) is 19.4. The molecular weight excluding hydrogens is 380 g/mol. The second-order valence-electron chi connectivity index (χ2n) is 5.72. The van der Waals surface area contributed by atoms with E-state index in [4.69, 9.17) is 10.6 Å². The van der Waals surface area contributed by atoms with Crippen LogP contribution in [-0.4, -0.2) is 33.9 Å². The summed E-state index contributed by atoms with van der Waals surface area (Å²) in [4.78, 5) is 40.4. The number of fused-ring (bicyclic) bond motifs is 1. The minimum absolute atomic E-state index is 0.0155. The maximum Gasteiger partial charge on any atom is 0.338 e. The number of esters is 1. The summed E-state index contributed by atoms with van der Waals surface area (Å²) >= 11 is 1.06. The number of rotatable bonds is 6. The Morgan fingerprint density at radius 1 is 1.18 bits per heavy atom. The lowest BCUT2D eigenvalue weighted by atomic mass is 10.2. The van der Waals surface area contributed by atoms with Crippen LogP contribution in [0, 0.1) is 0 Å². The Morgan fingerprint density at radius 2 is 1.89 bits per heavy atom. The molecule has 0 fully saturated rings. The SMILES string of the molecule is CCOC(=O)c1ccc(NC(=O)CSc2nc3ccccc3c(=O)n2N)cc1. The molecule has 3 aromatic rings. The lowest BCUT2D eigenvalue weighted by molar-refractivity contribution is -0.113. The monoisotopic (exact) mass is 398 g/mol. The van der Waals surface area contributed by atoms with Gasteiger partial charge in [0.1, 0.15) is 0 Å².